The SMILES string of the molecule is COC(=O)C1=CC(c2cnc(C(F)(F)F)s2)=NS(=O)(=O)N1. The minimum Gasteiger partial charge on any atom is -0.464 e. The molecule has 0 aromatic carbocycles. The molecule has 0 unspecified atom stereocenters. The Morgan fingerprint density at radius 2 is 2.10 bits per heavy atom. The summed E-state index contributed by atoms with van der Waals surface area (Å²) in [4.78, 5) is 14.3. The molecule has 12 heteroatoms. The highest BCUT2D eigenvalue weighted by Crippen LogP contribution is 2.33. The second-order valence-electron chi connectivity index (χ2n) is 3.63. The van der Waals surface area contributed by atoms with Gasteiger partial charge in [0.05, 0.1) is 17.7 Å². The Kier molecular flexibility index (Phi) is 3.76. The molecule has 0 bridgehead atoms. The highest BCUT2D eigenvalue weighted by Gasteiger charge is 2.35. The van der Waals surface area contributed by atoms with Gasteiger partial charge in [-0.05, 0) is 6.08 Å². The number of thiazole rings is 1. The van der Waals surface area contributed by atoms with Crippen LogP contribution in [0, 0.1) is 0 Å². The fraction of sp³-hybridized carbons (Fsp3) is 0.222. The maximum Gasteiger partial charge on any atom is 0.443 e. The average molecular weight is 341 g/mol. The first-order chi connectivity index (χ1) is 9.62. The number of alkyl halides is 3. The van der Waals surface area contributed by atoms with E-state index in [0.717, 1.165) is 19.4 Å². The number of hydrogen-bond donors (Lipinski definition) is 1. The minimum absolute atomic E-state index is 0.145. The molecule has 0 aliphatic carbocycles. The van der Waals surface area contributed by atoms with E-state index in [1.165, 1.54) is 0 Å². The number of halogens is 3. The van der Waals surface area contributed by atoms with Crippen LogP contribution in [0.2, 0.25) is 0 Å². The van der Waals surface area contributed by atoms with Crippen molar-refractivity contribution in [1.82, 2.24) is 9.71 Å². The Hall–Kier alpha value is -1.95. The van der Waals surface area contributed by atoms with Gasteiger partial charge in [-0.25, -0.2) is 9.78 Å². The number of carbonyl (C=O) groups excluding carboxylic acids is 1. The second-order valence-corrected chi connectivity index (χ2v) is 6.00. The molecular weight excluding hydrogens is 335 g/mol. The van der Waals surface area contributed by atoms with E-state index in [-0.39, 0.29) is 21.9 Å². The van der Waals surface area contributed by atoms with Crippen LogP contribution in [-0.4, -0.2) is 32.2 Å². The van der Waals surface area contributed by atoms with Crippen molar-refractivity contribution < 1.29 is 31.1 Å². The van der Waals surface area contributed by atoms with E-state index in [9.17, 15) is 26.4 Å². The summed E-state index contributed by atoms with van der Waals surface area (Å²) in [6.45, 7) is 0. The van der Waals surface area contributed by atoms with E-state index in [1.54, 1.807) is 0 Å². The van der Waals surface area contributed by atoms with Gasteiger partial charge in [0.15, 0.2) is 5.01 Å². The number of nitrogens with one attached hydrogen (secondary N) is 1. The zero-order valence-corrected chi connectivity index (χ0v) is 11.8. The van der Waals surface area contributed by atoms with Gasteiger partial charge in [0, 0.05) is 6.20 Å². The van der Waals surface area contributed by atoms with Crippen LogP contribution < -0.4 is 4.72 Å². The molecule has 0 atom stereocenters. The Balaban J connectivity index is 2.46. The van der Waals surface area contributed by atoms with Gasteiger partial charge in [0.25, 0.3) is 0 Å². The summed E-state index contributed by atoms with van der Waals surface area (Å²) in [5, 5.41) is -1.15. The number of esters is 1. The number of aromatic nitrogens is 1. The molecule has 0 radical (unpaired) electrons. The van der Waals surface area contributed by atoms with Crippen molar-refractivity contribution in [2.24, 2.45) is 4.40 Å². The van der Waals surface area contributed by atoms with Crippen LogP contribution in [0.15, 0.2) is 22.4 Å². The smallest absolute Gasteiger partial charge is 0.443 e. The van der Waals surface area contributed by atoms with Gasteiger partial charge in [0.2, 0.25) is 0 Å². The zero-order chi connectivity index (χ0) is 15.8. The third kappa shape index (κ3) is 3.39. The molecule has 114 valence electrons. The quantitative estimate of drug-likeness (QED) is 0.805. The molecule has 0 amide bonds. The molecule has 0 fully saturated rings. The molecular formula is C9H6F3N3O4S2. The van der Waals surface area contributed by atoms with Gasteiger partial charge < -0.3 is 4.74 Å². The van der Waals surface area contributed by atoms with Crippen LogP contribution in [0.25, 0.3) is 0 Å². The van der Waals surface area contributed by atoms with Crippen molar-refractivity contribution in [2.75, 3.05) is 7.11 Å². The maximum atomic E-state index is 12.5. The lowest BCUT2D eigenvalue weighted by Gasteiger charge is -2.12. The van der Waals surface area contributed by atoms with Gasteiger partial charge in [-0.3, -0.25) is 4.72 Å². The van der Waals surface area contributed by atoms with E-state index < -0.39 is 33.1 Å². The Morgan fingerprint density at radius 3 is 2.62 bits per heavy atom. The third-order valence-electron chi connectivity index (χ3n) is 2.14. The number of nitrogens with zero attached hydrogens (tertiary/aromatic N) is 2. The van der Waals surface area contributed by atoms with Crippen LogP contribution >= 0.6 is 11.3 Å². The summed E-state index contributed by atoms with van der Waals surface area (Å²) in [6.07, 6.45) is -2.84. The van der Waals surface area contributed by atoms with E-state index in [1.807, 2.05) is 4.72 Å². The van der Waals surface area contributed by atoms with Crippen LogP contribution in [0.4, 0.5) is 13.2 Å². The predicted molar refractivity (Wildman–Crippen MR) is 65.8 cm³/mol. The first-order valence-electron chi connectivity index (χ1n) is 5.08. The Labute approximate surface area is 120 Å². The highest BCUT2D eigenvalue weighted by molar-refractivity contribution is 7.88. The van der Waals surface area contributed by atoms with E-state index in [4.69, 9.17) is 0 Å². The molecule has 2 rings (SSSR count). The monoisotopic (exact) mass is 341 g/mol. The number of carbonyl (C=O) groups is 1. The summed E-state index contributed by atoms with van der Waals surface area (Å²) >= 11 is 0.213. The van der Waals surface area contributed by atoms with Crippen molar-refractivity contribution in [3.05, 3.63) is 27.9 Å². The largest absolute Gasteiger partial charge is 0.464 e. The molecule has 0 saturated carbocycles. The molecule has 0 saturated heterocycles. The standard InChI is InChI=1S/C9H6F3N3O4S2/c1-19-7(16)5-2-4(14-21(17,18)15-5)6-3-13-8(20-6)9(10,11)12/h2-3,15H,1H3. The van der Waals surface area contributed by atoms with Crippen LogP contribution in [-0.2, 0) is 25.9 Å². The minimum atomic E-state index is -4.65. The summed E-state index contributed by atoms with van der Waals surface area (Å²) in [7, 11) is -3.22. The topological polar surface area (TPSA) is 97.7 Å². The maximum absolute atomic E-state index is 12.5. The van der Waals surface area contributed by atoms with Crippen molar-refractivity contribution in [3.63, 3.8) is 0 Å². The molecule has 1 aliphatic heterocycles. The summed E-state index contributed by atoms with van der Waals surface area (Å²) in [6, 6.07) is 0. The average Bonchev–Trinajstić information content (AvgIpc) is 2.85. The van der Waals surface area contributed by atoms with E-state index in [0.29, 0.717) is 0 Å². The number of rotatable bonds is 2. The van der Waals surface area contributed by atoms with Gasteiger partial charge >= 0.3 is 22.4 Å². The van der Waals surface area contributed by atoms with Crippen LogP contribution in [0.3, 0.4) is 0 Å². The highest BCUT2D eigenvalue weighted by atomic mass is 32.2. The molecule has 0 spiro atoms. The lowest BCUT2D eigenvalue weighted by atomic mass is 10.2. The van der Waals surface area contributed by atoms with E-state index >= 15 is 0 Å². The third-order valence-corrected chi connectivity index (χ3v) is 4.12. The Bertz CT molecular complexity index is 749. The molecule has 2 heterocycles. The summed E-state index contributed by atoms with van der Waals surface area (Å²) in [5.74, 6) is -0.994. The normalized spacial score (nSPS) is 17.5. The molecule has 1 aromatic rings. The van der Waals surface area contributed by atoms with E-state index in [2.05, 4.69) is 14.1 Å². The fourth-order valence-corrected chi connectivity index (χ4v) is 3.01. The number of methoxy groups -OCH3 is 1. The molecule has 1 N–H and O–H groups in total. The first-order valence-corrected chi connectivity index (χ1v) is 7.34. The van der Waals surface area contributed by atoms with Crippen LogP contribution in [0.5, 0.6) is 0 Å². The summed E-state index contributed by atoms with van der Waals surface area (Å²) < 4.78 is 69.8. The van der Waals surface area contributed by atoms with Gasteiger partial charge in [-0.15, -0.1) is 15.7 Å². The fourth-order valence-electron chi connectivity index (χ4n) is 1.33. The molecule has 21 heavy (non-hydrogen) atoms. The lowest BCUT2D eigenvalue weighted by Crippen LogP contribution is -2.31. The van der Waals surface area contributed by atoms with Gasteiger partial charge in [-0.1, -0.05) is 0 Å². The summed E-state index contributed by atoms with van der Waals surface area (Å²) in [5.41, 5.74) is -0.786. The molecule has 1 aromatic heterocycles. The van der Waals surface area contributed by atoms with Crippen LogP contribution in [0.1, 0.15) is 9.88 Å². The Morgan fingerprint density at radius 1 is 1.43 bits per heavy atom. The predicted octanol–water partition coefficient (Wildman–Crippen LogP) is 0.856. The van der Waals surface area contributed by atoms with Gasteiger partial charge in [0.1, 0.15) is 5.70 Å². The van der Waals surface area contributed by atoms with Crippen molar-refractivity contribution in [3.8, 4) is 0 Å². The molecule has 7 nitrogen and oxygen atoms in total. The van der Waals surface area contributed by atoms with Gasteiger partial charge in [-0.2, -0.15) is 21.6 Å². The number of ether oxygens (including phenoxy) is 1. The van der Waals surface area contributed by atoms with Crippen molar-refractivity contribution in [1.29, 1.82) is 0 Å². The lowest BCUT2D eigenvalue weighted by molar-refractivity contribution is -0.138. The first kappa shape index (κ1) is 15.4. The zero-order valence-electron chi connectivity index (χ0n) is 10.1. The molecule has 1 aliphatic rings. The number of hydrogen-bond acceptors (Lipinski definition) is 6. The second kappa shape index (κ2) is 5.11. The van der Waals surface area contributed by atoms with Crippen molar-refractivity contribution >= 4 is 33.2 Å². The number of allylic oxidation sites excluding steroid dienone is 1. The van der Waals surface area contributed by atoms with Crippen molar-refractivity contribution in [2.45, 2.75) is 6.18 Å².